The lowest BCUT2D eigenvalue weighted by Crippen LogP contribution is -1.99. The first-order valence-corrected chi connectivity index (χ1v) is 13.2. The van der Waals surface area contributed by atoms with Crippen LogP contribution in [0.25, 0.3) is 27.8 Å². The molecule has 4 aromatic carbocycles. The summed E-state index contributed by atoms with van der Waals surface area (Å²) < 4.78 is 0. The molecule has 0 heterocycles. The Balaban J connectivity index is 1.57. The molecular weight excluding hydrogens is 444 g/mol. The van der Waals surface area contributed by atoms with E-state index in [1.165, 1.54) is 72.4 Å². The Labute approximate surface area is 221 Å². The van der Waals surface area contributed by atoms with Crippen molar-refractivity contribution in [3.8, 4) is 11.1 Å². The van der Waals surface area contributed by atoms with Gasteiger partial charge in [-0.3, -0.25) is 0 Å². The molecule has 0 spiro atoms. The standard InChI is InChI=1S/C37H32/c1-25-11-7-9-15-33(25)35-24-32(18-17-26(35)2)37(36-27(3)23-31-14-8-10-16-34(31)36)30-21-19-29(20-22-30)28-12-5-4-6-13-28/h4-6,8-10,12-22,24H,3,7,11,23H2,1-2H3/b37-36+. The SMILES string of the molecule is C=C1Cc2ccccc2/C1=C(\c1ccc(-c2ccccc2)cc1)c1ccc(C)c(C2=C(C)CCC=C2)c1. The molecule has 0 amide bonds. The summed E-state index contributed by atoms with van der Waals surface area (Å²) in [7, 11) is 0. The van der Waals surface area contributed by atoms with Gasteiger partial charge >= 0.3 is 0 Å². The molecule has 2 aliphatic carbocycles. The van der Waals surface area contributed by atoms with Crippen LogP contribution in [0.4, 0.5) is 0 Å². The molecule has 0 radical (unpaired) electrons. The first-order valence-electron chi connectivity index (χ1n) is 13.2. The van der Waals surface area contributed by atoms with E-state index in [-0.39, 0.29) is 0 Å². The van der Waals surface area contributed by atoms with E-state index in [9.17, 15) is 0 Å². The second kappa shape index (κ2) is 9.71. The summed E-state index contributed by atoms with van der Waals surface area (Å²) in [6, 6.07) is 35.4. The van der Waals surface area contributed by atoms with Crippen molar-refractivity contribution in [1.82, 2.24) is 0 Å². The highest BCUT2D eigenvalue weighted by Gasteiger charge is 2.25. The van der Waals surface area contributed by atoms with Gasteiger partial charge in [0.05, 0.1) is 0 Å². The van der Waals surface area contributed by atoms with Gasteiger partial charge in [0.2, 0.25) is 0 Å². The van der Waals surface area contributed by atoms with Gasteiger partial charge in [0.25, 0.3) is 0 Å². The van der Waals surface area contributed by atoms with Gasteiger partial charge in [0, 0.05) is 0 Å². The van der Waals surface area contributed by atoms with Crippen LogP contribution >= 0.6 is 0 Å². The molecule has 0 N–H and O–H groups in total. The van der Waals surface area contributed by atoms with Gasteiger partial charge < -0.3 is 0 Å². The number of hydrogen-bond acceptors (Lipinski definition) is 0. The van der Waals surface area contributed by atoms with Crippen LogP contribution in [-0.4, -0.2) is 0 Å². The lowest BCUT2D eigenvalue weighted by atomic mass is 9.84. The van der Waals surface area contributed by atoms with E-state index in [1.807, 2.05) is 0 Å². The van der Waals surface area contributed by atoms with Gasteiger partial charge in [-0.05, 0) is 106 Å². The fourth-order valence-corrected chi connectivity index (χ4v) is 5.82. The second-order valence-corrected chi connectivity index (χ2v) is 10.3. The van der Waals surface area contributed by atoms with Crippen molar-refractivity contribution in [2.75, 3.05) is 0 Å². The van der Waals surface area contributed by atoms with E-state index in [2.05, 4.69) is 130 Å². The topological polar surface area (TPSA) is 0 Å². The Hall–Kier alpha value is -4.16. The highest BCUT2D eigenvalue weighted by molar-refractivity contribution is 6.07. The number of rotatable bonds is 4. The highest BCUT2D eigenvalue weighted by atomic mass is 14.3. The van der Waals surface area contributed by atoms with Gasteiger partial charge in [-0.25, -0.2) is 0 Å². The van der Waals surface area contributed by atoms with Crippen LogP contribution in [0.5, 0.6) is 0 Å². The molecule has 0 fully saturated rings. The molecule has 0 bridgehead atoms. The average Bonchev–Trinajstić information content (AvgIpc) is 3.26. The second-order valence-electron chi connectivity index (χ2n) is 10.3. The smallest absolute Gasteiger partial charge is 0.00191 e. The summed E-state index contributed by atoms with van der Waals surface area (Å²) in [5.41, 5.74) is 16.9. The third-order valence-corrected chi connectivity index (χ3v) is 7.82. The molecular formula is C37H32. The number of aryl methyl sites for hydroxylation is 1. The van der Waals surface area contributed by atoms with E-state index in [0.29, 0.717) is 0 Å². The summed E-state index contributed by atoms with van der Waals surface area (Å²) in [5, 5.41) is 0. The van der Waals surface area contributed by atoms with Crippen LogP contribution in [0, 0.1) is 6.92 Å². The van der Waals surface area contributed by atoms with Gasteiger partial charge in [-0.2, -0.15) is 0 Å². The van der Waals surface area contributed by atoms with E-state index >= 15 is 0 Å². The monoisotopic (exact) mass is 476 g/mol. The first kappa shape index (κ1) is 23.3. The molecule has 0 aliphatic heterocycles. The van der Waals surface area contributed by atoms with E-state index in [4.69, 9.17) is 0 Å². The predicted molar refractivity (Wildman–Crippen MR) is 159 cm³/mol. The number of allylic oxidation sites excluding steroid dienone is 6. The molecule has 0 atom stereocenters. The summed E-state index contributed by atoms with van der Waals surface area (Å²) in [6.07, 6.45) is 7.80. The molecule has 2 aliphatic rings. The van der Waals surface area contributed by atoms with Gasteiger partial charge in [0.1, 0.15) is 0 Å². The van der Waals surface area contributed by atoms with Gasteiger partial charge in [0.15, 0.2) is 0 Å². The average molecular weight is 477 g/mol. The number of hydrogen-bond donors (Lipinski definition) is 0. The minimum Gasteiger partial charge on any atom is -0.0949 e. The maximum Gasteiger partial charge on any atom is -0.00191 e. The van der Waals surface area contributed by atoms with Crippen LogP contribution in [0.2, 0.25) is 0 Å². The third-order valence-electron chi connectivity index (χ3n) is 7.82. The zero-order chi connectivity index (χ0) is 25.4. The molecule has 0 nitrogen and oxygen atoms in total. The summed E-state index contributed by atoms with van der Waals surface area (Å²) >= 11 is 0. The molecule has 180 valence electrons. The van der Waals surface area contributed by atoms with Crippen LogP contribution < -0.4 is 0 Å². The lowest BCUT2D eigenvalue weighted by molar-refractivity contribution is 0.967. The van der Waals surface area contributed by atoms with E-state index < -0.39 is 0 Å². The maximum atomic E-state index is 4.55. The van der Waals surface area contributed by atoms with Crippen molar-refractivity contribution in [2.45, 2.75) is 33.1 Å². The first-order chi connectivity index (χ1) is 18.1. The summed E-state index contributed by atoms with van der Waals surface area (Å²) in [6.45, 7) is 9.06. The molecule has 4 aromatic rings. The normalized spacial score (nSPS) is 16.2. The summed E-state index contributed by atoms with van der Waals surface area (Å²) in [4.78, 5) is 0. The van der Waals surface area contributed by atoms with Crippen molar-refractivity contribution >= 4 is 16.7 Å². The third kappa shape index (κ3) is 4.34. The molecule has 0 heteroatoms. The van der Waals surface area contributed by atoms with E-state index in [0.717, 1.165) is 19.3 Å². The lowest BCUT2D eigenvalue weighted by Gasteiger charge is -2.19. The minimum atomic E-state index is 0.906. The fourth-order valence-electron chi connectivity index (χ4n) is 5.82. The van der Waals surface area contributed by atoms with Crippen molar-refractivity contribution in [3.05, 3.63) is 160 Å². The Morgan fingerprint density at radius 2 is 1.41 bits per heavy atom. The minimum absolute atomic E-state index is 0.906. The molecule has 37 heavy (non-hydrogen) atoms. The fraction of sp³-hybridized carbons (Fsp3) is 0.135. The van der Waals surface area contributed by atoms with Gasteiger partial charge in [-0.1, -0.05) is 115 Å². The quantitative estimate of drug-likeness (QED) is 0.275. The zero-order valence-corrected chi connectivity index (χ0v) is 21.7. The Bertz CT molecular complexity index is 1590. The largest absolute Gasteiger partial charge is 0.0949 e. The zero-order valence-electron chi connectivity index (χ0n) is 21.7. The Kier molecular flexibility index (Phi) is 6.10. The Morgan fingerprint density at radius 3 is 2.19 bits per heavy atom. The molecule has 0 unspecified atom stereocenters. The summed E-state index contributed by atoms with van der Waals surface area (Å²) in [5.74, 6) is 0. The van der Waals surface area contributed by atoms with Crippen LogP contribution in [0.15, 0.2) is 127 Å². The van der Waals surface area contributed by atoms with Crippen molar-refractivity contribution in [1.29, 1.82) is 0 Å². The number of benzene rings is 4. The molecule has 0 saturated heterocycles. The highest BCUT2D eigenvalue weighted by Crippen LogP contribution is 2.44. The van der Waals surface area contributed by atoms with Crippen molar-refractivity contribution < 1.29 is 0 Å². The van der Waals surface area contributed by atoms with Gasteiger partial charge in [-0.15, -0.1) is 0 Å². The van der Waals surface area contributed by atoms with Crippen LogP contribution in [-0.2, 0) is 6.42 Å². The van der Waals surface area contributed by atoms with Crippen molar-refractivity contribution in [2.24, 2.45) is 0 Å². The Morgan fingerprint density at radius 1 is 0.703 bits per heavy atom. The predicted octanol–water partition coefficient (Wildman–Crippen LogP) is 9.86. The molecule has 0 saturated carbocycles. The van der Waals surface area contributed by atoms with E-state index in [1.54, 1.807) is 0 Å². The number of fused-ring (bicyclic) bond motifs is 1. The maximum absolute atomic E-state index is 4.55. The molecule has 6 rings (SSSR count). The molecule has 0 aromatic heterocycles. The van der Waals surface area contributed by atoms with Crippen LogP contribution in [0.3, 0.4) is 0 Å². The van der Waals surface area contributed by atoms with Crippen molar-refractivity contribution in [3.63, 3.8) is 0 Å². The van der Waals surface area contributed by atoms with Crippen LogP contribution in [0.1, 0.15) is 53.1 Å².